The summed E-state index contributed by atoms with van der Waals surface area (Å²) in [6.45, 7) is 0. The first kappa shape index (κ1) is 36.8. The van der Waals surface area contributed by atoms with E-state index in [4.69, 9.17) is 0 Å². The summed E-state index contributed by atoms with van der Waals surface area (Å²) in [6, 6.07) is 93.9. The highest BCUT2D eigenvalue weighted by atomic mass is 15.1. The maximum Gasteiger partial charge on any atom is 0.0714 e. The number of hydrogen-bond donors (Lipinski definition) is 0. The molecule has 0 aromatic heterocycles. The average Bonchev–Trinajstić information content (AvgIpc) is 3.86. The van der Waals surface area contributed by atoms with Crippen LogP contribution in [0.4, 0.5) is 17.1 Å². The lowest BCUT2D eigenvalue weighted by Crippen LogP contribution is -2.28. The fourth-order valence-corrected chi connectivity index (χ4v) is 10.6. The Morgan fingerprint density at radius 3 is 1.40 bits per heavy atom. The van der Waals surface area contributed by atoms with Gasteiger partial charge >= 0.3 is 0 Å². The zero-order chi connectivity index (χ0) is 41.7. The van der Waals surface area contributed by atoms with Crippen LogP contribution in [-0.2, 0) is 5.41 Å². The molecule has 63 heavy (non-hydrogen) atoms. The molecule has 0 N–H and O–H groups in total. The van der Waals surface area contributed by atoms with E-state index >= 15 is 0 Å². The highest BCUT2D eigenvalue weighted by molar-refractivity contribution is 5.90. The first-order valence-corrected chi connectivity index (χ1v) is 22.0. The Morgan fingerprint density at radius 2 is 0.746 bits per heavy atom. The van der Waals surface area contributed by atoms with Gasteiger partial charge < -0.3 is 4.90 Å². The highest BCUT2D eigenvalue weighted by Gasteiger charge is 2.46. The lowest BCUT2D eigenvalue weighted by atomic mass is 9.67. The van der Waals surface area contributed by atoms with E-state index in [1.54, 1.807) is 0 Å². The minimum Gasteiger partial charge on any atom is -0.310 e. The average molecular weight is 802 g/mol. The fraction of sp³-hybridized carbons (Fsp3) is 0.0323. The third kappa shape index (κ3) is 6.00. The Labute approximate surface area is 369 Å². The number of rotatable bonds is 8. The minimum absolute atomic E-state index is 0.235. The summed E-state index contributed by atoms with van der Waals surface area (Å²) in [5, 5.41) is 0. The number of benzene rings is 10. The van der Waals surface area contributed by atoms with E-state index in [0.717, 1.165) is 17.1 Å². The molecule has 10 aromatic rings. The van der Waals surface area contributed by atoms with Crippen molar-refractivity contribution in [2.75, 3.05) is 4.90 Å². The lowest BCUT2D eigenvalue weighted by Gasteiger charge is -2.35. The number of fused-ring (bicyclic) bond motifs is 6. The first-order chi connectivity index (χ1) is 31.3. The molecule has 0 aliphatic heterocycles. The van der Waals surface area contributed by atoms with Crippen molar-refractivity contribution in [2.45, 2.75) is 11.3 Å². The van der Waals surface area contributed by atoms with Gasteiger partial charge in [0, 0.05) is 23.0 Å². The summed E-state index contributed by atoms with van der Waals surface area (Å²) in [7, 11) is 0. The molecular weight excluding hydrogens is 759 g/mol. The van der Waals surface area contributed by atoms with Gasteiger partial charge in [0.1, 0.15) is 0 Å². The van der Waals surface area contributed by atoms with Gasteiger partial charge in [-0.3, -0.25) is 0 Å². The smallest absolute Gasteiger partial charge is 0.0714 e. The van der Waals surface area contributed by atoms with Crippen LogP contribution in [0.25, 0.3) is 44.5 Å². The van der Waals surface area contributed by atoms with Crippen molar-refractivity contribution in [3.8, 4) is 44.5 Å². The summed E-state index contributed by atoms with van der Waals surface area (Å²) < 4.78 is 0. The second kappa shape index (κ2) is 15.2. The van der Waals surface area contributed by atoms with Crippen molar-refractivity contribution in [2.24, 2.45) is 0 Å². The van der Waals surface area contributed by atoms with Crippen LogP contribution in [0.5, 0.6) is 0 Å². The predicted molar refractivity (Wildman–Crippen MR) is 262 cm³/mol. The van der Waals surface area contributed by atoms with E-state index in [2.05, 4.69) is 260 Å². The Morgan fingerprint density at radius 1 is 0.286 bits per heavy atom. The quantitative estimate of drug-likeness (QED) is 0.148. The van der Waals surface area contributed by atoms with Crippen molar-refractivity contribution in [3.05, 3.63) is 294 Å². The second-order valence-corrected chi connectivity index (χ2v) is 16.8. The SMILES string of the molecule is c1ccc(-c2ccc(N(c3ccc(-c4ccc5c(c4)-c4ccccc4C5c4ccccc4)cc3)c3ccc4c(c3)C(c3ccccc3)(c3ccccc3)c3ccccc3-4)cc2)cc1. The molecule has 0 radical (unpaired) electrons. The van der Waals surface area contributed by atoms with Crippen molar-refractivity contribution in [1.29, 1.82) is 0 Å². The summed E-state index contributed by atoms with van der Waals surface area (Å²) in [5.74, 6) is 0.235. The van der Waals surface area contributed by atoms with Gasteiger partial charge in [0.25, 0.3) is 0 Å². The van der Waals surface area contributed by atoms with E-state index in [1.807, 2.05) is 0 Å². The normalized spacial score (nSPS) is 14.0. The van der Waals surface area contributed by atoms with Crippen LogP contribution in [0.1, 0.15) is 44.9 Å². The van der Waals surface area contributed by atoms with Crippen molar-refractivity contribution in [3.63, 3.8) is 0 Å². The number of nitrogens with zero attached hydrogens (tertiary/aromatic N) is 1. The molecule has 0 amide bonds. The molecule has 1 atom stereocenters. The Balaban J connectivity index is 0.998. The Bertz CT molecular complexity index is 3210. The summed E-state index contributed by atoms with van der Waals surface area (Å²) >= 11 is 0. The maximum absolute atomic E-state index is 2.45. The molecule has 0 heterocycles. The molecule has 0 bridgehead atoms. The van der Waals surface area contributed by atoms with Gasteiger partial charge in [0.15, 0.2) is 0 Å². The highest BCUT2D eigenvalue weighted by Crippen LogP contribution is 2.57. The molecule has 2 aliphatic rings. The van der Waals surface area contributed by atoms with Crippen LogP contribution < -0.4 is 4.90 Å². The molecule has 1 unspecified atom stereocenters. The monoisotopic (exact) mass is 801 g/mol. The minimum atomic E-state index is -0.497. The third-order valence-corrected chi connectivity index (χ3v) is 13.5. The van der Waals surface area contributed by atoms with Crippen molar-refractivity contribution < 1.29 is 0 Å². The first-order valence-electron chi connectivity index (χ1n) is 22.0. The Kier molecular flexibility index (Phi) is 8.86. The van der Waals surface area contributed by atoms with E-state index < -0.39 is 5.41 Å². The second-order valence-electron chi connectivity index (χ2n) is 16.8. The summed E-state index contributed by atoms with van der Waals surface area (Å²) in [6.07, 6.45) is 0. The van der Waals surface area contributed by atoms with Crippen molar-refractivity contribution >= 4 is 17.1 Å². The zero-order valence-electron chi connectivity index (χ0n) is 34.8. The summed E-state index contributed by atoms with van der Waals surface area (Å²) in [4.78, 5) is 2.42. The van der Waals surface area contributed by atoms with Gasteiger partial charge in [-0.15, -0.1) is 0 Å². The van der Waals surface area contributed by atoms with Crippen LogP contribution in [0.15, 0.2) is 255 Å². The molecule has 1 nitrogen and oxygen atoms in total. The molecule has 0 saturated heterocycles. The molecule has 0 saturated carbocycles. The van der Waals surface area contributed by atoms with Gasteiger partial charge in [0.05, 0.1) is 5.41 Å². The van der Waals surface area contributed by atoms with Crippen LogP contribution in [-0.4, -0.2) is 0 Å². The van der Waals surface area contributed by atoms with E-state index in [1.165, 1.54) is 83.5 Å². The van der Waals surface area contributed by atoms with Gasteiger partial charge in [-0.05, 0) is 126 Å². The molecule has 296 valence electrons. The fourth-order valence-electron chi connectivity index (χ4n) is 10.6. The molecule has 2 aliphatic carbocycles. The predicted octanol–water partition coefficient (Wildman–Crippen LogP) is 16.0. The molecule has 0 spiro atoms. The largest absolute Gasteiger partial charge is 0.310 e. The van der Waals surface area contributed by atoms with Gasteiger partial charge in [-0.2, -0.15) is 0 Å². The number of anilines is 3. The van der Waals surface area contributed by atoms with Crippen LogP contribution in [0, 0.1) is 0 Å². The third-order valence-electron chi connectivity index (χ3n) is 13.5. The van der Waals surface area contributed by atoms with E-state index in [-0.39, 0.29) is 5.92 Å². The van der Waals surface area contributed by atoms with Crippen LogP contribution in [0.2, 0.25) is 0 Å². The van der Waals surface area contributed by atoms with Crippen LogP contribution in [0.3, 0.4) is 0 Å². The molecule has 0 fully saturated rings. The lowest BCUT2D eigenvalue weighted by molar-refractivity contribution is 0.768. The Hall–Kier alpha value is -8.00. The molecule has 1 heteroatoms. The number of hydrogen-bond acceptors (Lipinski definition) is 1. The van der Waals surface area contributed by atoms with Gasteiger partial charge in [-0.1, -0.05) is 212 Å². The zero-order valence-corrected chi connectivity index (χ0v) is 34.8. The van der Waals surface area contributed by atoms with Gasteiger partial charge in [0.2, 0.25) is 0 Å². The van der Waals surface area contributed by atoms with Crippen LogP contribution >= 0.6 is 0 Å². The van der Waals surface area contributed by atoms with E-state index in [0.29, 0.717) is 0 Å². The molecule has 10 aromatic carbocycles. The standard InChI is InChI=1S/C62H43N/c1-5-17-43(18-6-1)44-29-34-50(35-30-44)63(51-36-31-45(32-37-51)47-33-39-57-58(41-47)53-25-13-14-27-56(53)61(57)46-19-7-2-8-20-46)52-38-40-55-54-26-15-16-28-59(54)62(60(55)42-52,48-21-9-3-10-22-48)49-23-11-4-12-24-49/h1-42,61H. The van der Waals surface area contributed by atoms with Crippen molar-refractivity contribution in [1.82, 2.24) is 0 Å². The summed E-state index contributed by atoms with van der Waals surface area (Å²) in [5.41, 5.74) is 22.0. The molecule has 12 rings (SSSR count). The van der Waals surface area contributed by atoms with Gasteiger partial charge in [-0.25, -0.2) is 0 Å². The van der Waals surface area contributed by atoms with E-state index in [9.17, 15) is 0 Å². The molecular formula is C62H43N. The topological polar surface area (TPSA) is 3.24 Å². The maximum atomic E-state index is 2.45.